The number of hydrogen-bond donors (Lipinski definition) is 4. The Labute approximate surface area is 119 Å². The second-order valence-electron chi connectivity index (χ2n) is 4.22. The van der Waals surface area contributed by atoms with Crippen molar-refractivity contribution >= 4 is 17.6 Å². The highest BCUT2D eigenvalue weighted by atomic mass is 16.3. The maximum atomic E-state index is 11.7. The molecule has 4 N–H and O–H groups in total. The molecule has 0 radical (unpaired) electrons. The van der Waals surface area contributed by atoms with E-state index in [1.807, 2.05) is 6.92 Å². The normalized spacial score (nSPS) is 11.0. The van der Waals surface area contributed by atoms with E-state index in [2.05, 4.69) is 27.9 Å². The smallest absolute Gasteiger partial charge is 0.246 e. The van der Waals surface area contributed by atoms with Crippen LogP contribution in [0.25, 0.3) is 0 Å². The standard InChI is InChI=1S/C14H22N4O2/c1-3-9-16-14(15-4-2)17-10-13(20)18-11-5-7-12(19)8-6-11/h5-8,19H,3-4,9-10H2,1-2H3,(H,18,20)(H2,15,16,17). The summed E-state index contributed by atoms with van der Waals surface area (Å²) in [5.74, 6) is 0.596. The molecule has 6 heteroatoms. The van der Waals surface area contributed by atoms with Crippen LogP contribution in [0.5, 0.6) is 5.75 Å². The van der Waals surface area contributed by atoms with Crippen LogP contribution in [0.2, 0.25) is 0 Å². The van der Waals surface area contributed by atoms with Crippen molar-refractivity contribution in [1.82, 2.24) is 10.6 Å². The maximum absolute atomic E-state index is 11.7. The zero-order valence-corrected chi connectivity index (χ0v) is 11.9. The molecule has 0 spiro atoms. The van der Waals surface area contributed by atoms with E-state index in [0.717, 1.165) is 19.5 Å². The lowest BCUT2D eigenvalue weighted by atomic mass is 10.3. The second kappa shape index (κ2) is 8.79. The highest BCUT2D eigenvalue weighted by Crippen LogP contribution is 2.13. The molecule has 0 saturated carbocycles. The molecule has 0 aliphatic rings. The van der Waals surface area contributed by atoms with Crippen LogP contribution >= 0.6 is 0 Å². The van der Waals surface area contributed by atoms with Crippen LogP contribution in [0.3, 0.4) is 0 Å². The van der Waals surface area contributed by atoms with E-state index in [1.165, 1.54) is 12.1 Å². The van der Waals surface area contributed by atoms with Crippen molar-refractivity contribution in [2.24, 2.45) is 4.99 Å². The Balaban J connectivity index is 2.48. The summed E-state index contributed by atoms with van der Waals surface area (Å²) < 4.78 is 0. The molecule has 0 bridgehead atoms. The van der Waals surface area contributed by atoms with Gasteiger partial charge in [0.15, 0.2) is 5.96 Å². The molecule has 1 aromatic carbocycles. The van der Waals surface area contributed by atoms with Gasteiger partial charge in [-0.05, 0) is 37.6 Å². The molecule has 1 amide bonds. The van der Waals surface area contributed by atoms with E-state index >= 15 is 0 Å². The summed E-state index contributed by atoms with van der Waals surface area (Å²) >= 11 is 0. The molecule has 0 atom stereocenters. The lowest BCUT2D eigenvalue weighted by molar-refractivity contribution is -0.114. The van der Waals surface area contributed by atoms with Gasteiger partial charge in [0.2, 0.25) is 5.91 Å². The van der Waals surface area contributed by atoms with Crippen LogP contribution in [-0.4, -0.2) is 36.6 Å². The van der Waals surface area contributed by atoms with Gasteiger partial charge in [0, 0.05) is 18.8 Å². The van der Waals surface area contributed by atoms with Gasteiger partial charge >= 0.3 is 0 Å². The largest absolute Gasteiger partial charge is 0.508 e. The van der Waals surface area contributed by atoms with Gasteiger partial charge in [0.25, 0.3) is 0 Å². The van der Waals surface area contributed by atoms with Gasteiger partial charge in [0.1, 0.15) is 12.3 Å². The Hall–Kier alpha value is -2.24. The van der Waals surface area contributed by atoms with Crippen molar-refractivity contribution in [3.05, 3.63) is 24.3 Å². The van der Waals surface area contributed by atoms with Crippen LogP contribution in [0.4, 0.5) is 5.69 Å². The van der Waals surface area contributed by atoms with Gasteiger partial charge in [0.05, 0.1) is 0 Å². The molecule has 6 nitrogen and oxygen atoms in total. The summed E-state index contributed by atoms with van der Waals surface area (Å²) in [5, 5.41) is 18.1. The van der Waals surface area contributed by atoms with Crippen molar-refractivity contribution in [2.75, 3.05) is 25.0 Å². The fourth-order valence-electron chi connectivity index (χ4n) is 1.48. The zero-order valence-electron chi connectivity index (χ0n) is 11.9. The number of carbonyl (C=O) groups excluding carboxylic acids is 1. The molecule has 0 aliphatic heterocycles. The summed E-state index contributed by atoms with van der Waals surface area (Å²) in [5.41, 5.74) is 0.634. The SMILES string of the molecule is CCCNC(=NCC(=O)Nc1ccc(O)cc1)NCC. The minimum atomic E-state index is -0.204. The monoisotopic (exact) mass is 278 g/mol. The summed E-state index contributed by atoms with van der Waals surface area (Å²) in [7, 11) is 0. The third-order valence-corrected chi connectivity index (χ3v) is 2.42. The summed E-state index contributed by atoms with van der Waals surface area (Å²) in [6, 6.07) is 6.31. The van der Waals surface area contributed by atoms with E-state index in [9.17, 15) is 4.79 Å². The van der Waals surface area contributed by atoms with Crippen LogP contribution in [-0.2, 0) is 4.79 Å². The Morgan fingerprint density at radius 2 is 1.90 bits per heavy atom. The highest BCUT2D eigenvalue weighted by molar-refractivity contribution is 5.94. The summed E-state index contributed by atoms with van der Waals surface area (Å²) in [4.78, 5) is 15.9. The number of hydrogen-bond acceptors (Lipinski definition) is 3. The van der Waals surface area contributed by atoms with Crippen LogP contribution in [0.15, 0.2) is 29.3 Å². The molecular weight excluding hydrogens is 256 g/mol. The zero-order chi connectivity index (χ0) is 14.8. The third kappa shape index (κ3) is 6.08. The Morgan fingerprint density at radius 1 is 1.20 bits per heavy atom. The van der Waals surface area contributed by atoms with Gasteiger partial charge in [-0.25, -0.2) is 4.99 Å². The van der Waals surface area contributed by atoms with Gasteiger partial charge in [-0.2, -0.15) is 0 Å². The van der Waals surface area contributed by atoms with E-state index in [1.54, 1.807) is 12.1 Å². The first-order chi connectivity index (χ1) is 9.65. The van der Waals surface area contributed by atoms with Crippen molar-refractivity contribution in [3.8, 4) is 5.75 Å². The minimum absolute atomic E-state index is 0.0416. The number of aromatic hydroxyl groups is 1. The van der Waals surface area contributed by atoms with Crippen LogP contribution in [0, 0.1) is 0 Å². The van der Waals surface area contributed by atoms with Crippen molar-refractivity contribution in [3.63, 3.8) is 0 Å². The van der Waals surface area contributed by atoms with Gasteiger partial charge in [-0.15, -0.1) is 0 Å². The van der Waals surface area contributed by atoms with E-state index < -0.39 is 0 Å². The number of guanidine groups is 1. The Kier molecular flexibility index (Phi) is 6.95. The van der Waals surface area contributed by atoms with E-state index in [4.69, 9.17) is 5.11 Å². The average molecular weight is 278 g/mol. The molecule has 110 valence electrons. The predicted octanol–water partition coefficient (Wildman–Crippen LogP) is 1.30. The minimum Gasteiger partial charge on any atom is -0.508 e. The molecule has 20 heavy (non-hydrogen) atoms. The van der Waals surface area contributed by atoms with Crippen LogP contribution < -0.4 is 16.0 Å². The molecule has 0 aromatic heterocycles. The number of phenols is 1. The topological polar surface area (TPSA) is 85.8 Å². The number of aliphatic imine (C=N–C) groups is 1. The molecule has 1 aromatic rings. The van der Waals surface area contributed by atoms with Crippen molar-refractivity contribution < 1.29 is 9.90 Å². The number of rotatable bonds is 6. The quantitative estimate of drug-likeness (QED) is 0.359. The Bertz CT molecular complexity index is 443. The highest BCUT2D eigenvalue weighted by Gasteiger charge is 2.02. The average Bonchev–Trinajstić information content (AvgIpc) is 2.44. The number of anilines is 1. The molecule has 0 fully saturated rings. The molecule has 0 unspecified atom stereocenters. The number of phenolic OH excluding ortho intramolecular Hbond substituents is 1. The molecule has 0 heterocycles. The van der Waals surface area contributed by atoms with Crippen molar-refractivity contribution in [1.29, 1.82) is 0 Å². The summed E-state index contributed by atoms with van der Waals surface area (Å²) in [6.07, 6.45) is 0.990. The van der Waals surface area contributed by atoms with E-state index in [0.29, 0.717) is 11.6 Å². The van der Waals surface area contributed by atoms with Crippen LogP contribution in [0.1, 0.15) is 20.3 Å². The number of nitrogens with one attached hydrogen (secondary N) is 3. The fourth-order valence-corrected chi connectivity index (χ4v) is 1.48. The molecular formula is C14H22N4O2. The predicted molar refractivity (Wildman–Crippen MR) is 81.0 cm³/mol. The maximum Gasteiger partial charge on any atom is 0.246 e. The lowest BCUT2D eigenvalue weighted by Gasteiger charge is -2.10. The first kappa shape index (κ1) is 15.8. The van der Waals surface area contributed by atoms with Gasteiger partial charge < -0.3 is 21.1 Å². The Morgan fingerprint density at radius 3 is 2.50 bits per heavy atom. The van der Waals surface area contributed by atoms with Crippen molar-refractivity contribution in [2.45, 2.75) is 20.3 Å². The number of nitrogens with zero attached hydrogens (tertiary/aromatic N) is 1. The van der Waals surface area contributed by atoms with E-state index in [-0.39, 0.29) is 18.2 Å². The molecule has 1 rings (SSSR count). The fraction of sp³-hybridized carbons (Fsp3) is 0.429. The molecule has 0 saturated heterocycles. The number of carbonyl (C=O) groups is 1. The number of benzene rings is 1. The third-order valence-electron chi connectivity index (χ3n) is 2.42. The lowest BCUT2D eigenvalue weighted by Crippen LogP contribution is -2.38. The molecule has 0 aliphatic carbocycles. The first-order valence-corrected chi connectivity index (χ1v) is 6.76. The van der Waals surface area contributed by atoms with Gasteiger partial charge in [-0.3, -0.25) is 4.79 Å². The first-order valence-electron chi connectivity index (χ1n) is 6.76. The second-order valence-corrected chi connectivity index (χ2v) is 4.22. The summed E-state index contributed by atoms with van der Waals surface area (Å²) in [6.45, 7) is 5.63. The van der Waals surface area contributed by atoms with Gasteiger partial charge in [-0.1, -0.05) is 6.92 Å². The number of amides is 1.